The van der Waals surface area contributed by atoms with E-state index in [-0.39, 0.29) is 17.7 Å². The number of likely N-dealkylation sites (tertiary alicyclic amines) is 1. The van der Waals surface area contributed by atoms with Crippen LogP contribution in [0.15, 0.2) is 0 Å². The molecule has 1 rings (SSSR count). The van der Waals surface area contributed by atoms with Gasteiger partial charge in [0.25, 0.3) is 0 Å². The largest absolute Gasteiger partial charge is 0.282 e. The molecule has 1 aliphatic rings. The summed E-state index contributed by atoms with van der Waals surface area (Å²) in [7, 11) is 0. The number of hydrogen-bond donors (Lipinski definition) is 0. The number of alkyl halides is 1. The lowest BCUT2D eigenvalue weighted by atomic mass is 10.1. The highest BCUT2D eigenvalue weighted by Crippen LogP contribution is 2.18. The summed E-state index contributed by atoms with van der Waals surface area (Å²) in [6.07, 6.45) is 1.05. The third-order valence-electron chi connectivity index (χ3n) is 1.98. The van der Waals surface area contributed by atoms with E-state index in [2.05, 4.69) is 0 Å². The van der Waals surface area contributed by atoms with Crippen molar-refractivity contribution in [2.45, 2.75) is 19.8 Å². The highest BCUT2D eigenvalue weighted by Gasteiger charge is 2.34. The molecule has 0 aliphatic carbocycles. The summed E-state index contributed by atoms with van der Waals surface area (Å²) in [6.45, 7) is 2.26. The van der Waals surface area contributed by atoms with Crippen LogP contribution in [0.25, 0.3) is 0 Å². The number of carbonyl (C=O) groups excluding carboxylic acids is 2. The minimum Gasteiger partial charge on any atom is -0.282 e. The van der Waals surface area contributed by atoms with E-state index in [0.29, 0.717) is 25.3 Å². The first-order valence-corrected chi connectivity index (χ1v) is 4.60. The van der Waals surface area contributed by atoms with Crippen molar-refractivity contribution in [3.8, 4) is 0 Å². The molecule has 0 saturated carbocycles. The van der Waals surface area contributed by atoms with Crippen LogP contribution >= 0.6 is 11.6 Å². The van der Waals surface area contributed by atoms with E-state index in [1.165, 1.54) is 4.90 Å². The van der Waals surface area contributed by atoms with Gasteiger partial charge in [-0.05, 0) is 6.42 Å². The van der Waals surface area contributed by atoms with Gasteiger partial charge in [0.05, 0.1) is 0 Å². The van der Waals surface area contributed by atoms with E-state index < -0.39 is 0 Å². The SMILES string of the molecule is C[C@@H]1CC(=O)N(CCCCl)C1=O. The fourth-order valence-corrected chi connectivity index (χ4v) is 1.42. The molecular weight excluding hydrogens is 178 g/mol. The van der Waals surface area contributed by atoms with Crippen LogP contribution in [0.2, 0.25) is 0 Å². The Hall–Kier alpha value is -0.570. The normalized spacial score (nSPS) is 23.8. The van der Waals surface area contributed by atoms with E-state index in [4.69, 9.17) is 11.6 Å². The molecule has 12 heavy (non-hydrogen) atoms. The number of carbonyl (C=O) groups is 2. The van der Waals surface area contributed by atoms with Gasteiger partial charge in [0.2, 0.25) is 11.8 Å². The Morgan fingerprint density at radius 2 is 2.25 bits per heavy atom. The van der Waals surface area contributed by atoms with Gasteiger partial charge in [0.1, 0.15) is 0 Å². The molecule has 0 spiro atoms. The monoisotopic (exact) mass is 189 g/mol. The van der Waals surface area contributed by atoms with Crippen molar-refractivity contribution in [3.05, 3.63) is 0 Å². The van der Waals surface area contributed by atoms with Crippen LogP contribution in [0.4, 0.5) is 0 Å². The van der Waals surface area contributed by atoms with Crippen molar-refractivity contribution >= 4 is 23.4 Å². The molecule has 0 unspecified atom stereocenters. The standard InChI is InChI=1S/C8H12ClNO2/c1-6-5-7(11)10(8(6)12)4-2-3-9/h6H,2-5H2,1H3/t6-/m1/s1. The second-order valence-electron chi connectivity index (χ2n) is 3.03. The van der Waals surface area contributed by atoms with Crippen LogP contribution < -0.4 is 0 Å². The second-order valence-corrected chi connectivity index (χ2v) is 3.41. The maximum atomic E-state index is 11.3. The first kappa shape index (κ1) is 9.52. The Balaban J connectivity index is 2.52. The minimum atomic E-state index is -0.132. The smallest absolute Gasteiger partial charge is 0.232 e. The number of hydrogen-bond acceptors (Lipinski definition) is 2. The molecule has 1 fully saturated rings. The van der Waals surface area contributed by atoms with Crippen LogP contribution in [0, 0.1) is 5.92 Å². The number of nitrogens with zero attached hydrogens (tertiary/aromatic N) is 1. The van der Waals surface area contributed by atoms with Crippen LogP contribution in [-0.4, -0.2) is 29.1 Å². The third-order valence-corrected chi connectivity index (χ3v) is 2.25. The molecule has 0 aromatic carbocycles. The van der Waals surface area contributed by atoms with Crippen LogP contribution in [0.3, 0.4) is 0 Å². The molecule has 1 saturated heterocycles. The second kappa shape index (κ2) is 3.90. The summed E-state index contributed by atoms with van der Waals surface area (Å²) in [4.78, 5) is 23.8. The number of amides is 2. The summed E-state index contributed by atoms with van der Waals surface area (Å²) < 4.78 is 0. The Kier molecular flexibility index (Phi) is 3.09. The molecule has 0 aromatic heterocycles. The lowest BCUT2D eigenvalue weighted by Crippen LogP contribution is -2.31. The van der Waals surface area contributed by atoms with E-state index >= 15 is 0 Å². The number of halogens is 1. The van der Waals surface area contributed by atoms with Gasteiger partial charge in [-0.25, -0.2) is 0 Å². The molecule has 1 heterocycles. The summed E-state index contributed by atoms with van der Waals surface area (Å²) in [5.74, 6) is 0.251. The fraction of sp³-hybridized carbons (Fsp3) is 0.750. The molecular formula is C8H12ClNO2. The summed E-state index contributed by atoms with van der Waals surface area (Å²) >= 11 is 5.46. The minimum absolute atomic E-state index is 0.0508. The molecule has 1 atom stereocenters. The molecule has 68 valence electrons. The van der Waals surface area contributed by atoms with Gasteiger partial charge in [-0.3, -0.25) is 14.5 Å². The van der Waals surface area contributed by atoms with E-state index in [9.17, 15) is 9.59 Å². The predicted octanol–water partition coefficient (Wildman–Crippen LogP) is 1.01. The number of imide groups is 1. The zero-order valence-corrected chi connectivity index (χ0v) is 7.80. The third kappa shape index (κ3) is 1.78. The average molecular weight is 190 g/mol. The van der Waals surface area contributed by atoms with E-state index in [0.717, 1.165) is 0 Å². The Morgan fingerprint density at radius 1 is 1.58 bits per heavy atom. The predicted molar refractivity (Wildman–Crippen MR) is 45.8 cm³/mol. The fourth-order valence-electron chi connectivity index (χ4n) is 1.30. The Bertz CT molecular complexity index is 205. The van der Waals surface area contributed by atoms with Gasteiger partial charge in [-0.1, -0.05) is 6.92 Å². The van der Waals surface area contributed by atoms with Gasteiger partial charge in [0.15, 0.2) is 0 Å². The van der Waals surface area contributed by atoms with Gasteiger partial charge >= 0.3 is 0 Å². The van der Waals surface area contributed by atoms with E-state index in [1.54, 1.807) is 6.92 Å². The van der Waals surface area contributed by atoms with Crippen molar-refractivity contribution in [3.63, 3.8) is 0 Å². The maximum Gasteiger partial charge on any atom is 0.232 e. The molecule has 2 amide bonds. The van der Waals surface area contributed by atoms with Gasteiger partial charge < -0.3 is 0 Å². The summed E-state index contributed by atoms with van der Waals surface area (Å²) in [5.41, 5.74) is 0. The first-order valence-electron chi connectivity index (χ1n) is 4.07. The molecule has 4 heteroatoms. The highest BCUT2D eigenvalue weighted by atomic mass is 35.5. The van der Waals surface area contributed by atoms with Crippen LogP contribution in [0.1, 0.15) is 19.8 Å². The highest BCUT2D eigenvalue weighted by molar-refractivity contribution is 6.17. The lowest BCUT2D eigenvalue weighted by Gasteiger charge is -2.12. The van der Waals surface area contributed by atoms with Gasteiger partial charge in [-0.2, -0.15) is 0 Å². The molecule has 0 aromatic rings. The molecule has 0 N–H and O–H groups in total. The lowest BCUT2D eigenvalue weighted by molar-refractivity contribution is -0.139. The zero-order valence-electron chi connectivity index (χ0n) is 7.05. The summed E-state index contributed by atoms with van der Waals surface area (Å²) in [5, 5.41) is 0. The van der Waals surface area contributed by atoms with Crippen LogP contribution in [-0.2, 0) is 9.59 Å². The van der Waals surface area contributed by atoms with E-state index in [1.807, 2.05) is 0 Å². The molecule has 0 radical (unpaired) electrons. The molecule has 1 aliphatic heterocycles. The average Bonchev–Trinajstić information content (AvgIpc) is 2.25. The van der Waals surface area contributed by atoms with Crippen molar-refractivity contribution < 1.29 is 9.59 Å². The Morgan fingerprint density at radius 3 is 2.67 bits per heavy atom. The zero-order chi connectivity index (χ0) is 9.14. The van der Waals surface area contributed by atoms with Crippen molar-refractivity contribution in [1.82, 2.24) is 4.90 Å². The number of rotatable bonds is 3. The van der Waals surface area contributed by atoms with Crippen molar-refractivity contribution in [2.24, 2.45) is 5.92 Å². The van der Waals surface area contributed by atoms with Crippen LogP contribution in [0.5, 0.6) is 0 Å². The topological polar surface area (TPSA) is 37.4 Å². The quantitative estimate of drug-likeness (QED) is 0.491. The van der Waals surface area contributed by atoms with Crippen molar-refractivity contribution in [1.29, 1.82) is 0 Å². The molecule has 3 nitrogen and oxygen atoms in total. The molecule has 0 bridgehead atoms. The van der Waals surface area contributed by atoms with Crippen molar-refractivity contribution in [2.75, 3.05) is 12.4 Å². The van der Waals surface area contributed by atoms with Gasteiger partial charge in [0, 0.05) is 24.8 Å². The maximum absolute atomic E-state index is 11.3. The summed E-state index contributed by atoms with van der Waals surface area (Å²) in [6, 6.07) is 0. The van der Waals surface area contributed by atoms with Gasteiger partial charge in [-0.15, -0.1) is 11.6 Å². The Labute approximate surface area is 76.7 Å². The first-order chi connectivity index (χ1) is 5.66.